The molecule has 0 unspecified atom stereocenters. The number of hydrogen-bond acceptors (Lipinski definition) is 2. The maximum atomic E-state index is 6.79. The van der Waals surface area contributed by atoms with Crippen LogP contribution in [0.3, 0.4) is 0 Å². The molecule has 188 valence electrons. The molecule has 37 heavy (non-hydrogen) atoms. The summed E-state index contributed by atoms with van der Waals surface area (Å²) in [4.78, 5) is 2.36. The van der Waals surface area contributed by atoms with Crippen LogP contribution in [0.4, 0.5) is 5.69 Å². The van der Waals surface area contributed by atoms with Crippen molar-refractivity contribution in [1.29, 1.82) is 0 Å². The Kier molecular flexibility index (Phi) is 4.96. The van der Waals surface area contributed by atoms with E-state index in [-0.39, 0.29) is 11.1 Å². The van der Waals surface area contributed by atoms with Crippen LogP contribution >= 0.6 is 0 Å². The highest BCUT2D eigenvalue weighted by Crippen LogP contribution is 2.46. The minimum atomic E-state index is -0.0579. The standard InChI is InChI=1S/C34H37N2O/c1-20-12-10-11-13-23(20)32-26-14-24-21(2)18-33(4,5)35(8)28(24)16-30(26)37-31-17-29-25(15-27(31)32)22(3)19-34(6,7)36(29)9/h10-19H,1-9H3/q+1. The van der Waals surface area contributed by atoms with Gasteiger partial charge in [-0.25, -0.2) is 4.58 Å². The van der Waals surface area contributed by atoms with Crippen LogP contribution in [0.25, 0.3) is 16.7 Å². The normalized spacial score (nSPS) is 18.7. The van der Waals surface area contributed by atoms with Crippen molar-refractivity contribution in [2.45, 2.75) is 59.5 Å². The first-order valence-corrected chi connectivity index (χ1v) is 13.2. The monoisotopic (exact) mass is 489 g/mol. The first-order valence-electron chi connectivity index (χ1n) is 13.2. The molecule has 0 saturated carbocycles. The molecule has 0 spiro atoms. The summed E-state index contributed by atoms with van der Waals surface area (Å²) in [5.74, 6) is 1.85. The Labute approximate surface area is 220 Å². The molecule has 3 aromatic rings. The molecule has 3 aliphatic heterocycles. The van der Waals surface area contributed by atoms with Gasteiger partial charge in [-0.3, -0.25) is 0 Å². The van der Waals surface area contributed by atoms with Crippen LogP contribution in [-0.2, 0) is 0 Å². The summed E-state index contributed by atoms with van der Waals surface area (Å²) in [5.41, 5.74) is 11.2. The topological polar surface area (TPSA) is 15.5 Å². The lowest BCUT2D eigenvalue weighted by Crippen LogP contribution is -2.47. The van der Waals surface area contributed by atoms with Crippen molar-refractivity contribution >= 4 is 22.4 Å². The Bertz CT molecular complexity index is 1700. The van der Waals surface area contributed by atoms with E-state index >= 15 is 0 Å². The van der Waals surface area contributed by atoms with Crippen LogP contribution in [0.2, 0.25) is 0 Å². The van der Waals surface area contributed by atoms with Gasteiger partial charge in [0.05, 0.1) is 11.6 Å². The van der Waals surface area contributed by atoms with E-state index in [1.165, 1.54) is 50.0 Å². The van der Waals surface area contributed by atoms with Gasteiger partial charge in [0.1, 0.15) is 18.5 Å². The van der Waals surface area contributed by atoms with E-state index in [2.05, 4.69) is 133 Å². The highest BCUT2D eigenvalue weighted by Gasteiger charge is 2.34. The highest BCUT2D eigenvalue weighted by atomic mass is 16.5. The molecule has 3 aliphatic rings. The predicted molar refractivity (Wildman–Crippen MR) is 156 cm³/mol. The molecule has 0 amide bonds. The summed E-state index contributed by atoms with van der Waals surface area (Å²) in [6, 6.07) is 17.9. The van der Waals surface area contributed by atoms with Gasteiger partial charge in [0, 0.05) is 60.1 Å². The van der Waals surface area contributed by atoms with Crippen LogP contribution in [-0.4, -0.2) is 25.2 Å². The number of anilines is 1. The van der Waals surface area contributed by atoms with Crippen LogP contribution in [0.5, 0.6) is 11.5 Å². The van der Waals surface area contributed by atoms with E-state index in [4.69, 9.17) is 4.74 Å². The number of ether oxygens (including phenoxy) is 1. The van der Waals surface area contributed by atoms with Crippen LogP contribution in [0.1, 0.15) is 69.4 Å². The average Bonchev–Trinajstić information content (AvgIpc) is 2.83. The van der Waals surface area contributed by atoms with Crippen LogP contribution in [0.15, 0.2) is 60.7 Å². The molecule has 0 N–H and O–H groups in total. The summed E-state index contributed by atoms with van der Waals surface area (Å²) >= 11 is 0. The second-order valence-electron chi connectivity index (χ2n) is 12.1. The molecular weight excluding hydrogens is 452 g/mol. The average molecular weight is 490 g/mol. The van der Waals surface area contributed by atoms with E-state index in [9.17, 15) is 0 Å². The van der Waals surface area contributed by atoms with Crippen molar-refractivity contribution in [3.63, 3.8) is 0 Å². The van der Waals surface area contributed by atoms with E-state index in [0.717, 1.165) is 22.3 Å². The first kappa shape index (κ1) is 23.8. The number of benzene rings is 3. The fourth-order valence-electron chi connectivity index (χ4n) is 6.32. The molecule has 0 saturated heterocycles. The lowest BCUT2D eigenvalue weighted by Gasteiger charge is -2.41. The quantitative estimate of drug-likeness (QED) is 0.292. The fraction of sp³-hybridized carbons (Fsp3) is 0.324. The lowest BCUT2D eigenvalue weighted by molar-refractivity contribution is 0.433. The Balaban J connectivity index is 1.75. The zero-order valence-corrected chi connectivity index (χ0v) is 23.6. The highest BCUT2D eigenvalue weighted by molar-refractivity contribution is 5.92. The van der Waals surface area contributed by atoms with Crippen LogP contribution < -0.4 is 24.8 Å². The predicted octanol–water partition coefficient (Wildman–Crippen LogP) is 6.30. The number of allylic oxidation sites excluding steroid dienone is 2. The van der Waals surface area contributed by atoms with E-state index < -0.39 is 0 Å². The third-order valence-electron chi connectivity index (χ3n) is 8.81. The molecule has 3 aromatic carbocycles. The third kappa shape index (κ3) is 3.43. The summed E-state index contributed by atoms with van der Waals surface area (Å²) < 4.78 is 9.15. The third-order valence-corrected chi connectivity index (χ3v) is 8.81. The summed E-state index contributed by atoms with van der Waals surface area (Å²) in [7, 11) is 4.36. The first-order chi connectivity index (χ1) is 17.4. The summed E-state index contributed by atoms with van der Waals surface area (Å²) in [6.07, 6.45) is 4.74. The van der Waals surface area contributed by atoms with Gasteiger partial charge in [-0.1, -0.05) is 30.3 Å². The Morgan fingerprint density at radius 3 is 2.19 bits per heavy atom. The van der Waals surface area contributed by atoms with Crippen molar-refractivity contribution in [3.8, 4) is 11.5 Å². The van der Waals surface area contributed by atoms with Gasteiger partial charge in [0.2, 0.25) is 5.36 Å². The van der Waals surface area contributed by atoms with E-state index in [0.29, 0.717) is 0 Å². The maximum Gasteiger partial charge on any atom is 0.211 e. The van der Waals surface area contributed by atoms with Crippen molar-refractivity contribution in [3.05, 3.63) is 99.1 Å². The Morgan fingerprint density at radius 2 is 1.46 bits per heavy atom. The number of nitrogens with zero attached hydrogens (tertiary/aromatic N) is 2. The van der Waals surface area contributed by atoms with Gasteiger partial charge in [-0.05, 0) is 75.1 Å². The second kappa shape index (κ2) is 7.71. The molecule has 3 heterocycles. The zero-order chi connectivity index (χ0) is 26.4. The van der Waals surface area contributed by atoms with Gasteiger partial charge >= 0.3 is 0 Å². The molecule has 0 radical (unpaired) electrons. The largest absolute Gasteiger partial charge is 0.456 e. The smallest absolute Gasteiger partial charge is 0.211 e. The fourth-order valence-corrected chi connectivity index (χ4v) is 6.32. The van der Waals surface area contributed by atoms with Gasteiger partial charge in [0.15, 0.2) is 5.54 Å². The van der Waals surface area contributed by atoms with Gasteiger partial charge in [0.25, 0.3) is 0 Å². The zero-order valence-electron chi connectivity index (χ0n) is 23.6. The Hall–Kier alpha value is -3.59. The van der Waals surface area contributed by atoms with Crippen molar-refractivity contribution < 1.29 is 4.74 Å². The van der Waals surface area contributed by atoms with E-state index in [1.807, 2.05) is 0 Å². The second-order valence-corrected chi connectivity index (χ2v) is 12.1. The van der Waals surface area contributed by atoms with Gasteiger partial charge in [-0.15, -0.1) is 0 Å². The number of hydrogen-bond donors (Lipinski definition) is 0. The lowest BCUT2D eigenvalue weighted by atomic mass is 9.84. The van der Waals surface area contributed by atoms with Crippen molar-refractivity contribution in [1.82, 2.24) is 4.58 Å². The number of rotatable bonds is 1. The number of likely N-dealkylation sites (N-methyl/N-ethyl adjacent to an activating group) is 2. The maximum absolute atomic E-state index is 6.79. The SMILES string of the molecule is CC1=CC(C)(C)N(C)c2cc3c(cc21)C(c1ccccc1C)=c1cc2c(cc1O3)=[N+](C)C(C)(C)C=C2C. The molecular formula is C34H37N2O+. The Morgan fingerprint density at radius 1 is 0.757 bits per heavy atom. The molecule has 0 bridgehead atoms. The van der Waals surface area contributed by atoms with Crippen molar-refractivity contribution in [2.75, 3.05) is 19.0 Å². The molecule has 0 fully saturated rings. The molecule has 6 rings (SSSR count). The summed E-state index contributed by atoms with van der Waals surface area (Å²) in [5, 5.41) is 2.37. The number of fused-ring (bicyclic) bond motifs is 4. The molecule has 3 nitrogen and oxygen atoms in total. The van der Waals surface area contributed by atoms with E-state index in [1.54, 1.807) is 0 Å². The molecule has 0 aromatic heterocycles. The minimum absolute atomic E-state index is 0.0579. The van der Waals surface area contributed by atoms with Crippen LogP contribution in [0, 0.1) is 6.92 Å². The number of aryl methyl sites for hydroxylation is 1. The summed E-state index contributed by atoms with van der Waals surface area (Å²) in [6.45, 7) is 15.7. The molecule has 0 atom stereocenters. The van der Waals surface area contributed by atoms with Gasteiger partial charge < -0.3 is 9.64 Å². The van der Waals surface area contributed by atoms with Crippen molar-refractivity contribution in [2.24, 2.45) is 0 Å². The molecule has 0 aliphatic carbocycles. The van der Waals surface area contributed by atoms with Gasteiger partial charge in [-0.2, -0.15) is 0 Å². The minimum Gasteiger partial charge on any atom is -0.456 e. The molecule has 3 heteroatoms.